The number of nitrogens with zero attached hydrogens (tertiary/aromatic N) is 1. The van der Waals surface area contributed by atoms with Crippen molar-refractivity contribution in [3.63, 3.8) is 0 Å². The van der Waals surface area contributed by atoms with E-state index in [1.54, 1.807) is 18.1 Å². The van der Waals surface area contributed by atoms with Crippen molar-refractivity contribution in [1.29, 1.82) is 0 Å². The van der Waals surface area contributed by atoms with Crippen LogP contribution in [0.2, 0.25) is 0 Å². The summed E-state index contributed by atoms with van der Waals surface area (Å²) in [4.78, 5) is 29.4. The minimum Gasteiger partial charge on any atom is -0.493 e. The predicted molar refractivity (Wildman–Crippen MR) is 145 cm³/mol. The molecule has 0 bridgehead atoms. The summed E-state index contributed by atoms with van der Waals surface area (Å²) in [6.07, 6.45) is 0.887. The van der Waals surface area contributed by atoms with Crippen LogP contribution < -0.4 is 19.8 Å². The lowest BCUT2D eigenvalue weighted by molar-refractivity contribution is 0.0971. The number of aryl methyl sites for hydroxylation is 2. The van der Waals surface area contributed by atoms with Crippen LogP contribution in [-0.2, 0) is 6.42 Å². The number of methoxy groups -OCH3 is 1. The smallest absolute Gasteiger partial charge is 0.295 e. The van der Waals surface area contributed by atoms with Crippen LogP contribution in [0.5, 0.6) is 11.5 Å². The normalized spacial score (nSPS) is 14.9. The zero-order valence-electron chi connectivity index (χ0n) is 21.8. The van der Waals surface area contributed by atoms with Gasteiger partial charge in [0.1, 0.15) is 5.58 Å². The number of benzene rings is 3. The van der Waals surface area contributed by atoms with E-state index >= 15 is 0 Å². The summed E-state index contributed by atoms with van der Waals surface area (Å²) < 4.78 is 17.7. The second kappa shape index (κ2) is 9.77. The highest BCUT2D eigenvalue weighted by Gasteiger charge is 2.44. The van der Waals surface area contributed by atoms with Crippen LogP contribution in [0.1, 0.15) is 59.6 Å². The number of carbonyl (C=O) groups excluding carboxylic acids is 1. The zero-order chi connectivity index (χ0) is 26.3. The Morgan fingerprint density at radius 3 is 2.41 bits per heavy atom. The lowest BCUT2D eigenvalue weighted by atomic mass is 9.97. The van der Waals surface area contributed by atoms with Crippen LogP contribution in [0.3, 0.4) is 0 Å². The Kier molecular flexibility index (Phi) is 6.50. The molecule has 4 aromatic rings. The van der Waals surface area contributed by atoms with Gasteiger partial charge in [0.05, 0.1) is 30.7 Å². The third kappa shape index (κ3) is 4.37. The maximum atomic E-state index is 13.9. The topological polar surface area (TPSA) is 69.0 Å². The fraction of sp³-hybridized carbons (Fsp3) is 0.290. The van der Waals surface area contributed by atoms with Gasteiger partial charge in [-0.2, -0.15) is 0 Å². The molecule has 6 nitrogen and oxygen atoms in total. The molecule has 6 heteroatoms. The number of ether oxygens (including phenoxy) is 2. The highest BCUT2D eigenvalue weighted by atomic mass is 16.5. The highest BCUT2D eigenvalue weighted by Crippen LogP contribution is 2.43. The number of carbonyl (C=O) groups is 1. The van der Waals surface area contributed by atoms with Crippen molar-refractivity contribution in [2.24, 2.45) is 5.92 Å². The van der Waals surface area contributed by atoms with E-state index < -0.39 is 6.04 Å². The lowest BCUT2D eigenvalue weighted by Crippen LogP contribution is -2.29. The van der Waals surface area contributed by atoms with Crippen molar-refractivity contribution >= 4 is 22.6 Å². The third-order valence-corrected chi connectivity index (χ3v) is 6.72. The summed E-state index contributed by atoms with van der Waals surface area (Å²) in [5.74, 6) is 1.24. The third-order valence-electron chi connectivity index (χ3n) is 6.72. The van der Waals surface area contributed by atoms with Crippen LogP contribution in [0.4, 0.5) is 5.69 Å². The molecule has 37 heavy (non-hydrogen) atoms. The van der Waals surface area contributed by atoms with E-state index in [1.165, 1.54) is 0 Å². The molecule has 1 unspecified atom stereocenters. The molecule has 1 atom stereocenters. The average Bonchev–Trinajstić information content (AvgIpc) is 3.20. The maximum absolute atomic E-state index is 13.9. The van der Waals surface area contributed by atoms with Gasteiger partial charge >= 0.3 is 0 Å². The molecule has 1 aromatic heterocycles. The molecule has 3 aromatic carbocycles. The summed E-state index contributed by atoms with van der Waals surface area (Å²) >= 11 is 0. The first kappa shape index (κ1) is 24.6. The first-order valence-corrected chi connectivity index (χ1v) is 12.6. The molecule has 0 aliphatic carbocycles. The van der Waals surface area contributed by atoms with Crippen LogP contribution >= 0.6 is 0 Å². The molecule has 1 amide bonds. The van der Waals surface area contributed by atoms with Crippen molar-refractivity contribution in [2.45, 2.75) is 40.2 Å². The predicted octanol–water partition coefficient (Wildman–Crippen LogP) is 6.46. The SMILES string of the molecule is CCc1ccc(N2C(=O)c3oc4ccc(C)cc4c(=O)c3C2c2ccc(OCC(C)C)c(OC)c2)cc1. The van der Waals surface area contributed by atoms with Crippen molar-refractivity contribution in [1.82, 2.24) is 0 Å². The molecule has 0 spiro atoms. The van der Waals surface area contributed by atoms with Gasteiger partial charge in [-0.25, -0.2) is 0 Å². The Morgan fingerprint density at radius 1 is 0.973 bits per heavy atom. The molecule has 1 aliphatic rings. The first-order valence-electron chi connectivity index (χ1n) is 12.6. The van der Waals surface area contributed by atoms with Gasteiger partial charge < -0.3 is 13.9 Å². The van der Waals surface area contributed by atoms with Crippen LogP contribution in [0.15, 0.2) is 69.9 Å². The van der Waals surface area contributed by atoms with E-state index in [1.807, 2.05) is 61.5 Å². The zero-order valence-corrected chi connectivity index (χ0v) is 21.8. The molecule has 2 heterocycles. The molecular formula is C31H31NO5. The number of hydrogen-bond donors (Lipinski definition) is 0. The lowest BCUT2D eigenvalue weighted by Gasteiger charge is -2.26. The Morgan fingerprint density at radius 2 is 1.73 bits per heavy atom. The summed E-state index contributed by atoms with van der Waals surface area (Å²) in [5, 5.41) is 0.462. The summed E-state index contributed by atoms with van der Waals surface area (Å²) in [6.45, 7) is 8.71. The Balaban J connectivity index is 1.72. The standard InChI is InChI=1S/C31H31NO5/c1-6-20-8-11-22(12-9-20)32-28(21-10-14-25(26(16-21)35-5)36-17-18(2)3)27-29(33)23-15-19(4)7-13-24(23)37-30(27)31(32)34/h7-16,18,28H,6,17H2,1-5H3. The van der Waals surface area contributed by atoms with E-state index in [-0.39, 0.29) is 17.1 Å². The molecule has 190 valence electrons. The summed E-state index contributed by atoms with van der Waals surface area (Å²) in [6, 6.07) is 18.2. The molecule has 0 N–H and O–H groups in total. The van der Waals surface area contributed by atoms with Crippen LogP contribution in [0.25, 0.3) is 11.0 Å². The van der Waals surface area contributed by atoms with Gasteiger partial charge in [0, 0.05) is 5.69 Å². The number of amides is 1. The van der Waals surface area contributed by atoms with Crippen molar-refractivity contribution < 1.29 is 18.7 Å². The van der Waals surface area contributed by atoms with Gasteiger partial charge in [0.25, 0.3) is 5.91 Å². The maximum Gasteiger partial charge on any atom is 0.295 e. The molecule has 0 fully saturated rings. The molecule has 1 aliphatic heterocycles. The Labute approximate surface area is 216 Å². The van der Waals surface area contributed by atoms with E-state index in [4.69, 9.17) is 13.9 Å². The second-order valence-electron chi connectivity index (χ2n) is 9.89. The van der Waals surface area contributed by atoms with Crippen molar-refractivity contribution in [2.75, 3.05) is 18.6 Å². The highest BCUT2D eigenvalue weighted by molar-refractivity contribution is 6.10. The summed E-state index contributed by atoms with van der Waals surface area (Å²) in [7, 11) is 1.58. The molecule has 0 radical (unpaired) electrons. The largest absolute Gasteiger partial charge is 0.493 e. The molecule has 5 rings (SSSR count). The average molecular weight is 498 g/mol. The van der Waals surface area contributed by atoms with E-state index in [2.05, 4.69) is 20.8 Å². The minimum absolute atomic E-state index is 0.0741. The van der Waals surface area contributed by atoms with Gasteiger partial charge in [-0.3, -0.25) is 14.5 Å². The fourth-order valence-electron chi connectivity index (χ4n) is 4.79. The monoisotopic (exact) mass is 497 g/mol. The molecular weight excluding hydrogens is 466 g/mol. The number of fused-ring (bicyclic) bond motifs is 2. The van der Waals surface area contributed by atoms with Crippen LogP contribution in [-0.4, -0.2) is 19.6 Å². The number of rotatable bonds is 7. The number of anilines is 1. The van der Waals surface area contributed by atoms with Gasteiger partial charge in [0.15, 0.2) is 16.9 Å². The van der Waals surface area contributed by atoms with E-state index in [9.17, 15) is 9.59 Å². The van der Waals surface area contributed by atoms with Gasteiger partial charge in [-0.05, 0) is 66.8 Å². The summed E-state index contributed by atoms with van der Waals surface area (Å²) in [5.41, 5.74) is 4.07. The Hall–Kier alpha value is -4.06. The van der Waals surface area contributed by atoms with Gasteiger partial charge in [-0.1, -0.05) is 50.6 Å². The molecule has 0 saturated carbocycles. The molecule has 0 saturated heterocycles. The van der Waals surface area contributed by atoms with Crippen LogP contribution in [0, 0.1) is 12.8 Å². The van der Waals surface area contributed by atoms with Gasteiger partial charge in [0.2, 0.25) is 5.76 Å². The van der Waals surface area contributed by atoms with Crippen molar-refractivity contribution in [3.8, 4) is 11.5 Å². The quantitative estimate of drug-likeness (QED) is 0.293. The minimum atomic E-state index is -0.677. The fourth-order valence-corrected chi connectivity index (χ4v) is 4.79. The first-order chi connectivity index (χ1) is 17.8. The van der Waals surface area contributed by atoms with Crippen molar-refractivity contribution in [3.05, 3.63) is 98.9 Å². The number of hydrogen-bond acceptors (Lipinski definition) is 5. The van der Waals surface area contributed by atoms with E-state index in [0.717, 1.165) is 23.1 Å². The van der Waals surface area contributed by atoms with E-state index in [0.29, 0.717) is 46.2 Å². The Bertz CT molecular complexity index is 1530. The second-order valence-corrected chi connectivity index (χ2v) is 9.89. The van der Waals surface area contributed by atoms with Gasteiger partial charge in [-0.15, -0.1) is 0 Å².